The van der Waals surface area contributed by atoms with E-state index in [0.717, 1.165) is 0 Å². The van der Waals surface area contributed by atoms with Crippen molar-refractivity contribution in [2.45, 2.75) is 27.7 Å². The molecule has 0 aromatic carbocycles. The number of hydrogen-bond acceptors (Lipinski definition) is 2. The molecule has 1 amide bonds. The molecule has 0 aliphatic heterocycles. The van der Waals surface area contributed by atoms with Crippen LogP contribution < -0.4 is 0 Å². The van der Waals surface area contributed by atoms with E-state index in [1.54, 1.807) is 0 Å². The summed E-state index contributed by atoms with van der Waals surface area (Å²) in [4.78, 5) is 16.5. The van der Waals surface area contributed by atoms with Crippen molar-refractivity contribution in [2.75, 3.05) is 6.61 Å². The van der Waals surface area contributed by atoms with Crippen molar-refractivity contribution >= 4 is 30.6 Å². The Hall–Kier alpha value is 0.300. The molecule has 0 heterocycles. The molecular weight excluding hydrogens is 245 g/mol. The van der Waals surface area contributed by atoms with Gasteiger partial charge >= 0.3 is 83.0 Å². The Balaban J connectivity index is 4.03. The fourth-order valence-electron chi connectivity index (χ4n) is 0.725. The molecule has 0 aliphatic rings. The van der Waals surface area contributed by atoms with Crippen LogP contribution in [0.25, 0.3) is 0 Å². The van der Waals surface area contributed by atoms with Crippen LogP contribution >= 0.6 is 0 Å². The van der Waals surface area contributed by atoms with Crippen LogP contribution in [0.15, 0.2) is 0 Å². The first-order valence-electron chi connectivity index (χ1n) is 3.80. The van der Waals surface area contributed by atoms with Crippen LogP contribution in [-0.2, 0) is 9.63 Å². The van der Waals surface area contributed by atoms with Gasteiger partial charge in [-0.3, -0.25) is 0 Å². The van der Waals surface area contributed by atoms with Crippen molar-refractivity contribution in [3.8, 4) is 0 Å². The van der Waals surface area contributed by atoms with Gasteiger partial charge in [0, 0.05) is 0 Å². The first-order valence-corrected chi connectivity index (χ1v) is 6.36. The molecular formula is C7H16InNO2. The Labute approximate surface area is 83.0 Å². The summed E-state index contributed by atoms with van der Waals surface area (Å²) >= 11 is 0.107. The van der Waals surface area contributed by atoms with Crippen molar-refractivity contribution < 1.29 is 9.63 Å². The predicted molar refractivity (Wildman–Crippen MR) is 46.5 cm³/mol. The van der Waals surface area contributed by atoms with Gasteiger partial charge in [0.05, 0.1) is 0 Å². The number of hydroxylamine groups is 1. The Morgan fingerprint density at radius 3 is 2.27 bits per heavy atom. The van der Waals surface area contributed by atoms with Gasteiger partial charge in [0.2, 0.25) is 0 Å². The molecule has 0 saturated carbocycles. The summed E-state index contributed by atoms with van der Waals surface area (Å²) in [5.41, 5.74) is -0.305. The zero-order valence-electron chi connectivity index (χ0n) is 7.97. The van der Waals surface area contributed by atoms with Crippen LogP contribution in [0.4, 0.5) is 0 Å². The zero-order chi connectivity index (χ0) is 9.07. The second kappa shape index (κ2) is 4.36. The predicted octanol–water partition coefficient (Wildman–Crippen LogP) is 0.361. The zero-order valence-corrected chi connectivity index (χ0v) is 13.7. The van der Waals surface area contributed by atoms with Gasteiger partial charge in [-0.2, -0.15) is 0 Å². The minimum atomic E-state index is -0.305. The maximum absolute atomic E-state index is 11.4. The molecule has 0 rings (SSSR count). The van der Waals surface area contributed by atoms with Gasteiger partial charge in [-0.25, -0.2) is 0 Å². The van der Waals surface area contributed by atoms with Crippen LogP contribution in [0.2, 0.25) is 0 Å². The van der Waals surface area contributed by atoms with Crippen LogP contribution in [0, 0.1) is 5.41 Å². The van der Waals surface area contributed by atoms with Crippen LogP contribution in [0.5, 0.6) is 0 Å². The fourth-order valence-corrected chi connectivity index (χ4v) is 3.38. The number of rotatable bonds is 2. The quantitative estimate of drug-likeness (QED) is 0.672. The van der Waals surface area contributed by atoms with Crippen LogP contribution in [-0.4, -0.2) is 40.2 Å². The third-order valence-corrected chi connectivity index (χ3v) is 3.15. The van der Waals surface area contributed by atoms with Crippen LogP contribution in [0.1, 0.15) is 27.7 Å². The topological polar surface area (TPSA) is 29.5 Å². The second-order valence-electron chi connectivity index (χ2n) is 3.47. The summed E-state index contributed by atoms with van der Waals surface area (Å²) in [7, 11) is 0. The van der Waals surface area contributed by atoms with E-state index >= 15 is 0 Å². The average Bonchev–Trinajstić information content (AvgIpc) is 1.85. The Morgan fingerprint density at radius 2 is 2.00 bits per heavy atom. The maximum atomic E-state index is 11.4. The van der Waals surface area contributed by atoms with Crippen LogP contribution in [0.3, 0.4) is 0 Å². The molecule has 0 atom stereocenters. The van der Waals surface area contributed by atoms with Gasteiger partial charge in [0.25, 0.3) is 0 Å². The van der Waals surface area contributed by atoms with E-state index in [4.69, 9.17) is 4.84 Å². The van der Waals surface area contributed by atoms with E-state index < -0.39 is 0 Å². The average molecular weight is 261 g/mol. The molecule has 11 heavy (non-hydrogen) atoms. The molecule has 0 radical (unpaired) electrons. The monoisotopic (exact) mass is 261 g/mol. The van der Waals surface area contributed by atoms with Gasteiger partial charge in [-0.1, -0.05) is 0 Å². The van der Waals surface area contributed by atoms with Gasteiger partial charge in [0.1, 0.15) is 0 Å². The third kappa shape index (κ3) is 4.01. The van der Waals surface area contributed by atoms with Crippen molar-refractivity contribution in [3.05, 3.63) is 0 Å². The summed E-state index contributed by atoms with van der Waals surface area (Å²) in [5.74, 6) is 0.0927. The summed E-state index contributed by atoms with van der Waals surface area (Å²) in [6, 6.07) is 0. The van der Waals surface area contributed by atoms with E-state index in [0.29, 0.717) is 6.61 Å². The van der Waals surface area contributed by atoms with Crippen molar-refractivity contribution in [1.82, 2.24) is 3.05 Å². The second-order valence-corrected chi connectivity index (χ2v) is 5.79. The first-order chi connectivity index (χ1) is 4.89. The van der Waals surface area contributed by atoms with Crippen molar-refractivity contribution in [3.63, 3.8) is 0 Å². The van der Waals surface area contributed by atoms with Gasteiger partial charge in [-0.15, -0.1) is 0 Å². The molecule has 4 heteroatoms. The van der Waals surface area contributed by atoms with Gasteiger partial charge in [-0.05, 0) is 0 Å². The molecule has 0 fully saturated rings. The Kier molecular flexibility index (Phi) is 4.48. The number of carbonyl (C=O) groups excluding carboxylic acids is 1. The number of amides is 1. The molecule has 64 valence electrons. The van der Waals surface area contributed by atoms with E-state index in [1.807, 2.05) is 27.7 Å². The van der Waals surface area contributed by atoms with Gasteiger partial charge in [0.15, 0.2) is 0 Å². The summed E-state index contributed by atoms with van der Waals surface area (Å²) < 4.78 is 1.50. The molecule has 0 N–H and O–H groups in total. The van der Waals surface area contributed by atoms with E-state index in [1.165, 1.54) is 3.05 Å². The fraction of sp³-hybridized carbons (Fsp3) is 0.857. The number of hydrogen-bond donors (Lipinski definition) is 0. The third-order valence-electron chi connectivity index (χ3n) is 1.25. The Morgan fingerprint density at radius 1 is 1.55 bits per heavy atom. The SMILES string of the molecule is CCO[N]([InH2])C(=O)C(C)(C)C. The van der Waals surface area contributed by atoms with E-state index in [-0.39, 0.29) is 36.0 Å². The van der Waals surface area contributed by atoms with Gasteiger partial charge < -0.3 is 0 Å². The molecule has 0 aliphatic carbocycles. The molecule has 0 spiro atoms. The first kappa shape index (κ1) is 11.3. The molecule has 0 aromatic rings. The Bertz CT molecular complexity index is 142. The number of carbonyl (C=O) groups is 1. The molecule has 0 aromatic heterocycles. The molecule has 0 saturated heterocycles. The number of nitrogens with zero attached hydrogens (tertiary/aromatic N) is 1. The molecule has 3 nitrogen and oxygen atoms in total. The summed E-state index contributed by atoms with van der Waals surface area (Å²) in [6.07, 6.45) is 0. The van der Waals surface area contributed by atoms with Crippen molar-refractivity contribution in [2.24, 2.45) is 5.41 Å². The normalized spacial score (nSPS) is 11.3. The summed E-state index contributed by atoms with van der Waals surface area (Å²) in [5, 5.41) is 0. The molecule has 0 bridgehead atoms. The van der Waals surface area contributed by atoms with E-state index in [2.05, 4.69) is 0 Å². The standard InChI is InChI=1S/C7H15NO2.In.2H/c1-5-10-8-6(9)7(2,3)4;;;/h5H2,1-4H3,(H,8,9);;;/q;+1;;/p-1. The molecule has 0 unspecified atom stereocenters. The van der Waals surface area contributed by atoms with Crippen molar-refractivity contribution in [1.29, 1.82) is 0 Å². The van der Waals surface area contributed by atoms with E-state index in [9.17, 15) is 4.79 Å². The summed E-state index contributed by atoms with van der Waals surface area (Å²) in [6.45, 7) is 8.16. The minimum absolute atomic E-state index is 0.0927.